The molecule has 0 radical (unpaired) electrons. The van der Waals surface area contributed by atoms with E-state index >= 15 is 0 Å². The number of halogens is 1. The molecule has 10 heteroatoms. The van der Waals surface area contributed by atoms with Crippen molar-refractivity contribution in [3.05, 3.63) is 94.5 Å². The van der Waals surface area contributed by atoms with Crippen LogP contribution in [0.4, 0.5) is 0 Å². The number of nitrogens with one attached hydrogen (secondary N) is 2. The number of sulfonamides is 1. The van der Waals surface area contributed by atoms with Gasteiger partial charge in [0.1, 0.15) is 11.8 Å². The molecule has 1 unspecified atom stereocenters. The maximum Gasteiger partial charge on any atom is 0.242 e. The number of aryl methyl sites for hydroxylation is 1. The second kappa shape index (κ2) is 13.3. The minimum atomic E-state index is -3.53. The number of hydrogen-bond donors (Lipinski definition) is 2. The maximum atomic E-state index is 13.5. The van der Waals surface area contributed by atoms with Crippen LogP contribution in [-0.4, -0.2) is 44.3 Å². The van der Waals surface area contributed by atoms with Gasteiger partial charge in [-0.2, -0.15) is 0 Å². The minimum Gasteiger partial charge on any atom is -0.497 e. The first-order valence-electron chi connectivity index (χ1n) is 13.2. The highest BCUT2D eigenvalue weighted by molar-refractivity contribution is 7.89. The molecular formula is C30H34ClN3O5S. The second-order valence-corrected chi connectivity index (χ2v) is 12.1. The fourth-order valence-electron chi connectivity index (χ4n) is 4.17. The van der Waals surface area contributed by atoms with Gasteiger partial charge in [-0.3, -0.25) is 9.59 Å². The Morgan fingerprint density at radius 1 is 0.950 bits per heavy atom. The van der Waals surface area contributed by atoms with Crippen LogP contribution >= 0.6 is 11.6 Å². The van der Waals surface area contributed by atoms with E-state index in [4.69, 9.17) is 16.3 Å². The summed E-state index contributed by atoms with van der Waals surface area (Å²) in [6.07, 6.45) is 2.30. The number of amides is 2. The van der Waals surface area contributed by atoms with Crippen LogP contribution in [0.3, 0.4) is 0 Å². The lowest BCUT2D eigenvalue weighted by Crippen LogP contribution is -2.47. The lowest BCUT2D eigenvalue weighted by atomic mass is 10.1. The van der Waals surface area contributed by atoms with Crippen LogP contribution in [-0.2, 0) is 39.1 Å². The summed E-state index contributed by atoms with van der Waals surface area (Å²) in [5.74, 6) is 0.250. The van der Waals surface area contributed by atoms with E-state index in [0.717, 1.165) is 29.5 Å². The molecule has 212 valence electrons. The zero-order valence-electron chi connectivity index (χ0n) is 22.6. The van der Waals surface area contributed by atoms with Gasteiger partial charge in [0.2, 0.25) is 21.8 Å². The first-order chi connectivity index (χ1) is 19.1. The highest BCUT2D eigenvalue weighted by Crippen LogP contribution is 2.23. The van der Waals surface area contributed by atoms with Gasteiger partial charge in [0, 0.05) is 30.6 Å². The van der Waals surface area contributed by atoms with Crippen molar-refractivity contribution in [2.75, 3.05) is 7.11 Å². The Morgan fingerprint density at radius 2 is 1.55 bits per heavy atom. The molecule has 1 aliphatic carbocycles. The third-order valence-electron chi connectivity index (χ3n) is 6.82. The number of carbonyl (C=O) groups is 2. The first-order valence-corrected chi connectivity index (χ1v) is 15.1. The number of benzene rings is 3. The van der Waals surface area contributed by atoms with Crippen LogP contribution < -0.4 is 14.8 Å². The summed E-state index contributed by atoms with van der Waals surface area (Å²) in [5, 5.41) is 3.53. The normalized spacial score (nSPS) is 13.9. The lowest BCUT2D eigenvalue weighted by molar-refractivity contribution is -0.140. The molecule has 0 aliphatic heterocycles. The molecule has 0 spiro atoms. The predicted molar refractivity (Wildman–Crippen MR) is 154 cm³/mol. The van der Waals surface area contributed by atoms with Gasteiger partial charge in [-0.05, 0) is 79.3 Å². The van der Waals surface area contributed by atoms with E-state index in [1.165, 1.54) is 0 Å². The van der Waals surface area contributed by atoms with Crippen molar-refractivity contribution in [3.63, 3.8) is 0 Å². The lowest BCUT2D eigenvalue weighted by Gasteiger charge is -2.29. The van der Waals surface area contributed by atoms with Gasteiger partial charge < -0.3 is 15.0 Å². The summed E-state index contributed by atoms with van der Waals surface area (Å²) in [6, 6.07) is 20.5. The average molecular weight is 584 g/mol. The van der Waals surface area contributed by atoms with Gasteiger partial charge >= 0.3 is 0 Å². The van der Waals surface area contributed by atoms with E-state index in [0.29, 0.717) is 23.7 Å². The molecule has 0 saturated heterocycles. The molecule has 1 fully saturated rings. The molecule has 8 nitrogen and oxygen atoms in total. The number of rotatable bonds is 13. The Labute approximate surface area is 240 Å². The Hall–Kier alpha value is -3.40. The van der Waals surface area contributed by atoms with Gasteiger partial charge in [0.25, 0.3) is 0 Å². The van der Waals surface area contributed by atoms with Gasteiger partial charge in [0.15, 0.2) is 0 Å². The molecule has 2 N–H and O–H groups in total. The van der Waals surface area contributed by atoms with Crippen LogP contribution in [0.5, 0.6) is 5.75 Å². The highest BCUT2D eigenvalue weighted by Gasteiger charge is 2.28. The molecule has 2 amide bonds. The topological polar surface area (TPSA) is 105 Å². The van der Waals surface area contributed by atoms with E-state index < -0.39 is 16.1 Å². The highest BCUT2D eigenvalue weighted by atomic mass is 35.5. The van der Waals surface area contributed by atoms with E-state index in [1.54, 1.807) is 55.3 Å². The summed E-state index contributed by atoms with van der Waals surface area (Å²) in [4.78, 5) is 28.3. The number of ether oxygens (including phenoxy) is 1. The summed E-state index contributed by atoms with van der Waals surface area (Å²) >= 11 is 5.95. The zero-order valence-corrected chi connectivity index (χ0v) is 24.2. The first kappa shape index (κ1) is 29.6. The van der Waals surface area contributed by atoms with Crippen molar-refractivity contribution in [1.82, 2.24) is 14.9 Å². The molecular weight excluding hydrogens is 550 g/mol. The van der Waals surface area contributed by atoms with E-state index in [1.807, 2.05) is 36.4 Å². The Morgan fingerprint density at radius 3 is 2.15 bits per heavy atom. The standard InChI is InChI=1S/C30H34ClN3O5S/c1-21(30(36)32-19-23-3-10-25(31)11-4-23)34(20-24-5-14-27(39-2)15-6-24)29(35)18-9-22-7-16-28(17-8-22)40(37,38)33-26-12-13-26/h3-8,10-11,14-17,21,26,33H,9,12-13,18-20H2,1-2H3,(H,32,36). The third kappa shape index (κ3) is 8.30. The molecule has 1 aliphatic rings. The molecule has 4 rings (SSSR count). The smallest absolute Gasteiger partial charge is 0.242 e. The van der Waals surface area contributed by atoms with Crippen LogP contribution in [0.1, 0.15) is 42.9 Å². The van der Waals surface area contributed by atoms with Crippen molar-refractivity contribution < 1.29 is 22.7 Å². The number of hydrogen-bond acceptors (Lipinski definition) is 5. The fourth-order valence-corrected chi connectivity index (χ4v) is 5.60. The summed E-state index contributed by atoms with van der Waals surface area (Å²) < 4.78 is 32.8. The van der Waals surface area contributed by atoms with Crippen LogP contribution in [0.2, 0.25) is 5.02 Å². The SMILES string of the molecule is COc1ccc(CN(C(=O)CCc2ccc(S(=O)(=O)NC3CC3)cc2)C(C)C(=O)NCc2ccc(Cl)cc2)cc1. The van der Waals surface area contributed by atoms with Crippen molar-refractivity contribution in [3.8, 4) is 5.75 Å². The molecule has 1 atom stereocenters. The monoisotopic (exact) mass is 583 g/mol. The van der Waals surface area contributed by atoms with Gasteiger partial charge in [-0.1, -0.05) is 48.0 Å². The summed E-state index contributed by atoms with van der Waals surface area (Å²) in [6.45, 7) is 2.28. The molecule has 40 heavy (non-hydrogen) atoms. The van der Waals surface area contributed by atoms with Crippen molar-refractivity contribution in [2.24, 2.45) is 0 Å². The van der Waals surface area contributed by atoms with Gasteiger partial charge in [-0.25, -0.2) is 13.1 Å². The molecule has 0 aromatic heterocycles. The molecule has 0 bridgehead atoms. The number of carbonyl (C=O) groups excluding carboxylic acids is 2. The van der Waals surface area contributed by atoms with E-state index in [2.05, 4.69) is 10.0 Å². The van der Waals surface area contributed by atoms with Gasteiger partial charge in [0.05, 0.1) is 12.0 Å². The largest absolute Gasteiger partial charge is 0.497 e. The third-order valence-corrected chi connectivity index (χ3v) is 8.61. The van der Waals surface area contributed by atoms with E-state index in [-0.39, 0.29) is 35.7 Å². The summed E-state index contributed by atoms with van der Waals surface area (Å²) in [5.41, 5.74) is 2.60. The Bertz CT molecular complexity index is 1410. The van der Waals surface area contributed by atoms with Crippen molar-refractivity contribution in [2.45, 2.75) is 62.7 Å². The minimum absolute atomic E-state index is 0.0318. The quantitative estimate of drug-likeness (QED) is 0.309. The average Bonchev–Trinajstić information content (AvgIpc) is 3.77. The molecule has 3 aromatic carbocycles. The number of methoxy groups -OCH3 is 1. The second-order valence-electron chi connectivity index (χ2n) is 9.93. The van der Waals surface area contributed by atoms with E-state index in [9.17, 15) is 18.0 Å². The van der Waals surface area contributed by atoms with Crippen LogP contribution in [0.15, 0.2) is 77.7 Å². The Balaban J connectivity index is 1.42. The fraction of sp³-hybridized carbons (Fsp3) is 0.333. The van der Waals surface area contributed by atoms with Crippen LogP contribution in [0, 0.1) is 0 Å². The molecule has 0 heterocycles. The molecule has 3 aromatic rings. The maximum absolute atomic E-state index is 13.5. The summed E-state index contributed by atoms with van der Waals surface area (Å²) in [7, 11) is -1.95. The van der Waals surface area contributed by atoms with Crippen molar-refractivity contribution in [1.29, 1.82) is 0 Å². The Kier molecular flexibility index (Phi) is 9.84. The zero-order chi connectivity index (χ0) is 28.7. The predicted octanol–water partition coefficient (Wildman–Crippen LogP) is 4.46. The van der Waals surface area contributed by atoms with Gasteiger partial charge in [-0.15, -0.1) is 0 Å². The molecule has 1 saturated carbocycles. The number of nitrogens with zero attached hydrogens (tertiary/aromatic N) is 1. The van der Waals surface area contributed by atoms with Crippen molar-refractivity contribution >= 4 is 33.4 Å². The van der Waals surface area contributed by atoms with Crippen LogP contribution in [0.25, 0.3) is 0 Å².